The van der Waals surface area contributed by atoms with Crippen molar-refractivity contribution >= 4 is 11.4 Å². The van der Waals surface area contributed by atoms with Crippen molar-refractivity contribution in [2.45, 2.75) is 99.9 Å². The van der Waals surface area contributed by atoms with Crippen LogP contribution in [0.4, 0.5) is 10.2 Å². The Labute approximate surface area is 279 Å². The molecule has 0 radical (unpaired) electrons. The maximum Gasteiger partial charge on any atom is 0.163 e. The number of piperidine rings is 1. The fraction of sp³-hybridized carbons (Fsp3) is 0.553. The minimum Gasteiger partial charge on any atom is -0.493 e. The van der Waals surface area contributed by atoms with Gasteiger partial charge in [0.2, 0.25) is 0 Å². The van der Waals surface area contributed by atoms with Gasteiger partial charge in [0.25, 0.3) is 0 Å². The Morgan fingerprint density at radius 3 is 2.28 bits per heavy atom. The summed E-state index contributed by atoms with van der Waals surface area (Å²) in [5.41, 5.74) is 3.76. The fourth-order valence-electron chi connectivity index (χ4n) is 5.17. The number of rotatable bonds is 14. The number of ether oxygens (including phenoxy) is 4. The van der Waals surface area contributed by atoms with Crippen LogP contribution in [0.3, 0.4) is 0 Å². The minimum absolute atomic E-state index is 0. The molecule has 2 heterocycles. The molecule has 0 saturated carbocycles. The Morgan fingerprint density at radius 2 is 1.74 bits per heavy atom. The second-order valence-corrected chi connectivity index (χ2v) is 13.4. The summed E-state index contributed by atoms with van der Waals surface area (Å²) < 4.78 is 37.1. The zero-order chi connectivity index (χ0) is 34.7. The first-order chi connectivity index (χ1) is 21.6. The first kappa shape index (κ1) is 38.7. The van der Waals surface area contributed by atoms with Gasteiger partial charge >= 0.3 is 0 Å². The maximum absolute atomic E-state index is 13.5. The molecule has 3 rings (SSSR count). The van der Waals surface area contributed by atoms with Crippen molar-refractivity contribution in [3.05, 3.63) is 78.1 Å². The van der Waals surface area contributed by atoms with E-state index in [9.17, 15) is 4.39 Å². The molecule has 258 valence electrons. The zero-order valence-corrected chi connectivity index (χ0v) is 30.2. The summed E-state index contributed by atoms with van der Waals surface area (Å²) in [4.78, 5) is 7.09. The maximum atomic E-state index is 13.5. The van der Waals surface area contributed by atoms with Gasteiger partial charge in [0, 0.05) is 38.0 Å². The molecule has 0 aliphatic carbocycles. The summed E-state index contributed by atoms with van der Waals surface area (Å²) in [5, 5.41) is 3.28. The van der Waals surface area contributed by atoms with Crippen LogP contribution in [0.2, 0.25) is 0 Å². The molecule has 1 aromatic heterocycles. The quantitative estimate of drug-likeness (QED) is 0.125. The fourth-order valence-corrected chi connectivity index (χ4v) is 5.17. The summed E-state index contributed by atoms with van der Waals surface area (Å²) in [6, 6.07) is 8.18. The summed E-state index contributed by atoms with van der Waals surface area (Å²) in [5.74, 6) is 1.78. The third kappa shape index (κ3) is 11.7. The van der Waals surface area contributed by atoms with E-state index in [1.807, 2.05) is 66.8 Å². The third-order valence-corrected chi connectivity index (χ3v) is 7.54. The number of aromatic nitrogens is 1. The standard InChI is InChI=1S/C36H52FN3O4.C2H6.H2/c1-24(2)43-27(5)34(44-35(6,7)8)26(4)33(40-19-16-36(9,10)17-20-40)25(3)28-12-15-32(39-23-28)38-18-21-42-30-14-13-29(37)22-31(30)41-11;1-2;/h12-15,22-24,34H,3,5,16-21H2,1-2,4,6-11H3,(H,38,39);1-2H3;1H/b33-26-;;/t34-;;/m0../s1. The minimum atomic E-state index is -0.437. The molecule has 1 aromatic carbocycles. The van der Waals surface area contributed by atoms with Crippen molar-refractivity contribution in [2.24, 2.45) is 5.41 Å². The number of hydrogen-bond donors (Lipinski definition) is 1. The molecule has 0 amide bonds. The number of nitrogens with zero attached hydrogens (tertiary/aromatic N) is 2. The van der Waals surface area contributed by atoms with Gasteiger partial charge in [-0.05, 0) is 95.2 Å². The lowest BCUT2D eigenvalue weighted by atomic mass is 9.82. The van der Waals surface area contributed by atoms with Crippen molar-refractivity contribution in [2.75, 3.05) is 38.7 Å². The summed E-state index contributed by atoms with van der Waals surface area (Å²) in [7, 11) is 1.49. The Balaban J connectivity index is 0.00000361. The van der Waals surface area contributed by atoms with Crippen molar-refractivity contribution in [3.8, 4) is 11.5 Å². The lowest BCUT2D eigenvalue weighted by molar-refractivity contribution is -0.0552. The second kappa shape index (κ2) is 17.4. The highest BCUT2D eigenvalue weighted by atomic mass is 19.1. The van der Waals surface area contributed by atoms with Crippen LogP contribution in [0.5, 0.6) is 11.5 Å². The summed E-state index contributed by atoms with van der Waals surface area (Å²) in [6.07, 6.45) is 3.55. The van der Waals surface area contributed by atoms with E-state index in [2.05, 4.69) is 49.1 Å². The Hall–Kier alpha value is -3.52. The number of benzene rings is 1. The van der Waals surface area contributed by atoms with Gasteiger partial charge in [0.15, 0.2) is 11.5 Å². The van der Waals surface area contributed by atoms with E-state index in [4.69, 9.17) is 18.9 Å². The summed E-state index contributed by atoms with van der Waals surface area (Å²) in [6.45, 7) is 32.5. The number of likely N-dealkylation sites (tertiary alicyclic amines) is 1. The average molecular weight is 642 g/mol. The average Bonchev–Trinajstić information content (AvgIpc) is 2.99. The first-order valence-electron chi connectivity index (χ1n) is 16.4. The van der Waals surface area contributed by atoms with E-state index in [-0.39, 0.29) is 13.3 Å². The number of hydrogen-bond acceptors (Lipinski definition) is 7. The van der Waals surface area contributed by atoms with Gasteiger partial charge in [-0.2, -0.15) is 0 Å². The van der Waals surface area contributed by atoms with E-state index in [1.165, 1.54) is 19.2 Å². The lowest BCUT2D eigenvalue weighted by Crippen LogP contribution is -2.39. The molecule has 8 heteroatoms. The Bertz CT molecular complexity index is 1310. The molecule has 2 aromatic rings. The SMILES string of the molecule is C=C(/C(=C(\C)[C@H](OC(C)(C)C)C(=C)OC(C)C)N1CCC(C)(C)CC1)c1ccc(NCCOc2ccc(F)cc2OC)nc1.CC.[HH]. The largest absolute Gasteiger partial charge is 0.493 e. The van der Waals surface area contributed by atoms with Crippen LogP contribution in [0, 0.1) is 11.2 Å². The van der Waals surface area contributed by atoms with Crippen molar-refractivity contribution < 1.29 is 24.8 Å². The molecular formula is C38H60FN3O4. The number of allylic oxidation sites excluding steroid dienone is 1. The van der Waals surface area contributed by atoms with E-state index in [0.29, 0.717) is 41.6 Å². The first-order valence-corrected chi connectivity index (χ1v) is 16.4. The predicted octanol–water partition coefficient (Wildman–Crippen LogP) is 9.52. The van der Waals surface area contributed by atoms with Crippen molar-refractivity contribution in [1.29, 1.82) is 0 Å². The van der Waals surface area contributed by atoms with Crippen LogP contribution >= 0.6 is 0 Å². The Morgan fingerprint density at radius 1 is 1.09 bits per heavy atom. The molecule has 0 unspecified atom stereocenters. The van der Waals surface area contributed by atoms with Crippen molar-refractivity contribution in [3.63, 3.8) is 0 Å². The number of halogens is 1. The smallest absolute Gasteiger partial charge is 0.163 e. The second-order valence-electron chi connectivity index (χ2n) is 13.4. The number of methoxy groups -OCH3 is 1. The van der Waals surface area contributed by atoms with E-state index >= 15 is 0 Å². The number of anilines is 1. The molecule has 1 aliphatic heterocycles. The van der Waals surface area contributed by atoms with Crippen LogP contribution in [0.1, 0.15) is 89.1 Å². The zero-order valence-electron chi connectivity index (χ0n) is 30.2. The van der Waals surface area contributed by atoms with Crippen LogP contribution in [-0.4, -0.2) is 61.0 Å². The third-order valence-electron chi connectivity index (χ3n) is 7.54. The topological polar surface area (TPSA) is 65.1 Å². The van der Waals surface area contributed by atoms with Crippen LogP contribution in [-0.2, 0) is 9.47 Å². The molecular weight excluding hydrogens is 581 g/mol. The summed E-state index contributed by atoms with van der Waals surface area (Å²) >= 11 is 0. The molecule has 1 saturated heterocycles. The van der Waals surface area contributed by atoms with Crippen molar-refractivity contribution in [1.82, 2.24) is 9.88 Å². The van der Waals surface area contributed by atoms with Gasteiger partial charge < -0.3 is 29.2 Å². The molecule has 1 aliphatic rings. The molecule has 1 N–H and O–H groups in total. The van der Waals surface area contributed by atoms with E-state index < -0.39 is 11.7 Å². The van der Waals surface area contributed by atoms with Gasteiger partial charge in [-0.25, -0.2) is 9.37 Å². The van der Waals surface area contributed by atoms with Gasteiger partial charge in [-0.3, -0.25) is 0 Å². The van der Waals surface area contributed by atoms with Gasteiger partial charge in [0.05, 0.1) is 25.4 Å². The number of nitrogens with one attached hydrogen (secondary N) is 1. The highest BCUT2D eigenvalue weighted by molar-refractivity contribution is 5.78. The molecule has 46 heavy (non-hydrogen) atoms. The normalized spacial score (nSPS) is 15.6. The molecule has 1 fully saturated rings. The van der Waals surface area contributed by atoms with Gasteiger partial charge in [0.1, 0.15) is 30.1 Å². The van der Waals surface area contributed by atoms with Crippen LogP contribution < -0.4 is 14.8 Å². The van der Waals surface area contributed by atoms with Gasteiger partial charge in [-0.1, -0.05) is 40.9 Å². The van der Waals surface area contributed by atoms with E-state index in [1.54, 1.807) is 6.07 Å². The number of pyridine rings is 1. The highest BCUT2D eigenvalue weighted by Gasteiger charge is 2.32. The van der Waals surface area contributed by atoms with Gasteiger partial charge in [-0.15, -0.1) is 0 Å². The molecule has 1 atom stereocenters. The van der Waals surface area contributed by atoms with Crippen LogP contribution in [0.15, 0.2) is 66.7 Å². The lowest BCUT2D eigenvalue weighted by Gasteiger charge is -2.41. The van der Waals surface area contributed by atoms with E-state index in [0.717, 1.165) is 48.3 Å². The van der Waals surface area contributed by atoms with Crippen LogP contribution in [0.25, 0.3) is 5.57 Å². The molecule has 7 nitrogen and oxygen atoms in total. The highest BCUT2D eigenvalue weighted by Crippen LogP contribution is 2.38. The Kier molecular flexibility index (Phi) is 14.6. The molecule has 0 bridgehead atoms. The molecule has 0 spiro atoms. The predicted molar refractivity (Wildman–Crippen MR) is 191 cm³/mol. The monoisotopic (exact) mass is 641 g/mol.